The molecule has 3 rings (SSSR count). The number of esters is 1. The molecule has 10 heteroatoms. The van der Waals surface area contributed by atoms with Crippen molar-refractivity contribution in [3.63, 3.8) is 0 Å². The summed E-state index contributed by atoms with van der Waals surface area (Å²) < 4.78 is 4.80. The number of hydrogen-bond donors (Lipinski definition) is 3. The number of aromatic hydroxyl groups is 1. The summed E-state index contributed by atoms with van der Waals surface area (Å²) in [6, 6.07) is 3.09. The van der Waals surface area contributed by atoms with Gasteiger partial charge in [-0.05, 0) is 31.0 Å². The van der Waals surface area contributed by atoms with Gasteiger partial charge in [0.2, 0.25) is 0 Å². The second-order valence-electron chi connectivity index (χ2n) is 6.49. The maximum absolute atomic E-state index is 12.5. The first kappa shape index (κ1) is 19.0. The van der Waals surface area contributed by atoms with E-state index in [2.05, 4.69) is 10.7 Å². The van der Waals surface area contributed by atoms with Crippen LogP contribution in [0.4, 0.5) is 4.79 Å². The van der Waals surface area contributed by atoms with Crippen molar-refractivity contribution in [3.8, 4) is 5.75 Å². The zero-order valence-electron chi connectivity index (χ0n) is 14.3. The van der Waals surface area contributed by atoms with E-state index in [1.807, 2.05) is 0 Å². The van der Waals surface area contributed by atoms with E-state index >= 15 is 0 Å². The number of ether oxygens (including phenoxy) is 1. The molecule has 1 aliphatic heterocycles. The van der Waals surface area contributed by atoms with Gasteiger partial charge in [0.05, 0.1) is 0 Å². The summed E-state index contributed by atoms with van der Waals surface area (Å²) in [5.74, 6) is -2.69. The molecule has 1 aliphatic carbocycles. The van der Waals surface area contributed by atoms with Crippen LogP contribution in [0.1, 0.15) is 42.5 Å². The van der Waals surface area contributed by atoms with Gasteiger partial charge in [-0.15, -0.1) is 0 Å². The van der Waals surface area contributed by atoms with Crippen LogP contribution < -0.4 is 10.7 Å². The van der Waals surface area contributed by atoms with Crippen molar-refractivity contribution >= 4 is 35.4 Å². The van der Waals surface area contributed by atoms with Gasteiger partial charge in [0, 0.05) is 5.02 Å². The molecule has 0 aromatic heterocycles. The van der Waals surface area contributed by atoms with E-state index in [0.29, 0.717) is 17.9 Å². The number of halogens is 1. The number of phenols is 1. The van der Waals surface area contributed by atoms with E-state index < -0.39 is 36.0 Å². The third-order valence-corrected chi connectivity index (χ3v) is 4.85. The zero-order valence-corrected chi connectivity index (χ0v) is 15.0. The van der Waals surface area contributed by atoms with Crippen molar-refractivity contribution in [3.05, 3.63) is 28.8 Å². The molecule has 27 heavy (non-hydrogen) atoms. The molecule has 0 atom stereocenters. The second kappa shape index (κ2) is 7.43. The monoisotopic (exact) mass is 395 g/mol. The van der Waals surface area contributed by atoms with E-state index in [4.69, 9.17) is 16.3 Å². The summed E-state index contributed by atoms with van der Waals surface area (Å²) in [5, 5.41) is 13.1. The van der Waals surface area contributed by atoms with Crippen LogP contribution in [0.3, 0.4) is 0 Å². The van der Waals surface area contributed by atoms with Crippen molar-refractivity contribution in [1.29, 1.82) is 0 Å². The summed E-state index contributed by atoms with van der Waals surface area (Å²) in [7, 11) is 0. The number of nitrogens with one attached hydrogen (secondary N) is 2. The van der Waals surface area contributed by atoms with Gasteiger partial charge in [-0.1, -0.05) is 30.9 Å². The van der Waals surface area contributed by atoms with Gasteiger partial charge in [0.25, 0.3) is 11.8 Å². The summed E-state index contributed by atoms with van der Waals surface area (Å²) in [6.07, 6.45) is 3.66. The number of carbonyl (C=O) groups is 4. The quantitative estimate of drug-likeness (QED) is 0.524. The second-order valence-corrected chi connectivity index (χ2v) is 6.92. The van der Waals surface area contributed by atoms with Crippen molar-refractivity contribution in [1.82, 2.24) is 15.8 Å². The number of hydrazine groups is 1. The van der Waals surface area contributed by atoms with Crippen LogP contribution in [-0.2, 0) is 14.3 Å². The lowest BCUT2D eigenvalue weighted by Crippen LogP contribution is -2.51. The lowest BCUT2D eigenvalue weighted by molar-refractivity contribution is -0.140. The average Bonchev–Trinajstić information content (AvgIpc) is 2.86. The number of nitrogens with zero attached hydrogens (tertiary/aromatic N) is 1. The molecule has 0 radical (unpaired) electrons. The predicted octanol–water partition coefficient (Wildman–Crippen LogP) is 1.49. The molecule has 1 aromatic rings. The average molecular weight is 396 g/mol. The van der Waals surface area contributed by atoms with Crippen molar-refractivity contribution in [2.24, 2.45) is 0 Å². The number of rotatable bonds is 4. The molecule has 1 saturated heterocycles. The fourth-order valence-corrected chi connectivity index (χ4v) is 3.43. The van der Waals surface area contributed by atoms with Crippen LogP contribution in [0.25, 0.3) is 0 Å². The highest BCUT2D eigenvalue weighted by atomic mass is 35.5. The highest BCUT2D eigenvalue weighted by Crippen LogP contribution is 2.33. The van der Waals surface area contributed by atoms with E-state index in [1.54, 1.807) is 0 Å². The fourth-order valence-electron chi connectivity index (χ4n) is 3.25. The molecule has 144 valence electrons. The van der Waals surface area contributed by atoms with Gasteiger partial charge in [-0.2, -0.15) is 5.01 Å². The zero-order chi connectivity index (χ0) is 19.6. The molecule has 1 spiro atoms. The molecule has 9 nitrogen and oxygen atoms in total. The maximum Gasteiger partial charge on any atom is 0.344 e. The van der Waals surface area contributed by atoms with E-state index in [-0.39, 0.29) is 16.3 Å². The van der Waals surface area contributed by atoms with Gasteiger partial charge >= 0.3 is 12.0 Å². The van der Waals surface area contributed by atoms with Gasteiger partial charge in [0.1, 0.15) is 16.9 Å². The van der Waals surface area contributed by atoms with E-state index in [0.717, 1.165) is 19.3 Å². The van der Waals surface area contributed by atoms with Crippen LogP contribution >= 0.6 is 11.6 Å². The predicted molar refractivity (Wildman–Crippen MR) is 92.7 cm³/mol. The van der Waals surface area contributed by atoms with Gasteiger partial charge in [-0.3, -0.25) is 15.0 Å². The standard InChI is InChI=1S/C17H18ClN3O6/c18-10-4-5-12(22)11(8-10)14(24)27-9-13(23)20-21-15(25)17(19-16(21)26)6-2-1-3-7-17/h4-5,8,22H,1-3,6-7,9H2,(H,19,26)(H,20,23). The molecule has 1 heterocycles. The maximum atomic E-state index is 12.5. The molecular weight excluding hydrogens is 378 g/mol. The third-order valence-electron chi connectivity index (χ3n) is 4.62. The minimum Gasteiger partial charge on any atom is -0.507 e. The molecule has 2 aliphatic rings. The Kier molecular flexibility index (Phi) is 5.22. The van der Waals surface area contributed by atoms with Crippen LogP contribution in [-0.4, -0.2) is 46.1 Å². The Morgan fingerprint density at radius 1 is 1.26 bits per heavy atom. The Bertz CT molecular complexity index is 806. The summed E-state index contributed by atoms with van der Waals surface area (Å²) in [4.78, 5) is 48.5. The molecule has 0 bridgehead atoms. The van der Waals surface area contributed by atoms with Crippen molar-refractivity contribution < 1.29 is 29.0 Å². The SMILES string of the molecule is O=C(COC(=O)c1cc(Cl)ccc1O)NN1C(=O)NC2(CCCCC2)C1=O. The lowest BCUT2D eigenvalue weighted by Gasteiger charge is -2.30. The number of benzene rings is 1. The van der Waals surface area contributed by atoms with Crippen LogP contribution in [0, 0.1) is 0 Å². The largest absolute Gasteiger partial charge is 0.507 e. The summed E-state index contributed by atoms with van der Waals surface area (Å²) in [6.45, 7) is -0.741. The number of amides is 4. The Labute approximate surface area is 159 Å². The molecular formula is C17H18ClN3O6. The fraction of sp³-hybridized carbons (Fsp3) is 0.412. The molecule has 4 amide bonds. The number of urea groups is 1. The molecule has 3 N–H and O–H groups in total. The smallest absolute Gasteiger partial charge is 0.344 e. The number of hydrogen-bond acceptors (Lipinski definition) is 6. The van der Waals surface area contributed by atoms with Crippen molar-refractivity contribution in [2.45, 2.75) is 37.6 Å². The number of phenolic OH excluding ortho intramolecular Hbond substituents is 1. The first-order chi connectivity index (χ1) is 12.8. The van der Waals surface area contributed by atoms with Crippen LogP contribution in [0.5, 0.6) is 5.75 Å². The molecule has 1 aromatic carbocycles. The topological polar surface area (TPSA) is 125 Å². The molecule has 0 unspecified atom stereocenters. The summed E-state index contributed by atoms with van der Waals surface area (Å²) >= 11 is 5.75. The highest BCUT2D eigenvalue weighted by Gasteiger charge is 2.52. The Morgan fingerprint density at radius 2 is 1.96 bits per heavy atom. The van der Waals surface area contributed by atoms with Crippen LogP contribution in [0.15, 0.2) is 18.2 Å². The van der Waals surface area contributed by atoms with Gasteiger partial charge in [0.15, 0.2) is 6.61 Å². The Hall–Kier alpha value is -2.81. The number of imide groups is 1. The first-order valence-electron chi connectivity index (χ1n) is 8.44. The Morgan fingerprint density at radius 3 is 2.67 bits per heavy atom. The first-order valence-corrected chi connectivity index (χ1v) is 8.82. The Balaban J connectivity index is 1.58. The third kappa shape index (κ3) is 3.82. The van der Waals surface area contributed by atoms with Gasteiger partial charge < -0.3 is 15.2 Å². The van der Waals surface area contributed by atoms with E-state index in [9.17, 15) is 24.3 Å². The summed E-state index contributed by atoms with van der Waals surface area (Å²) in [5.41, 5.74) is 0.981. The van der Waals surface area contributed by atoms with E-state index in [1.165, 1.54) is 18.2 Å². The normalized spacial score (nSPS) is 18.3. The minimum atomic E-state index is -0.967. The lowest BCUT2D eigenvalue weighted by atomic mass is 9.82. The highest BCUT2D eigenvalue weighted by molar-refractivity contribution is 6.31. The minimum absolute atomic E-state index is 0.202. The number of carbonyl (C=O) groups excluding carboxylic acids is 4. The molecule has 1 saturated carbocycles. The van der Waals surface area contributed by atoms with Gasteiger partial charge in [-0.25, -0.2) is 9.59 Å². The van der Waals surface area contributed by atoms with Crippen molar-refractivity contribution in [2.75, 3.05) is 6.61 Å². The molecule has 2 fully saturated rings. The van der Waals surface area contributed by atoms with Crippen LogP contribution in [0.2, 0.25) is 5.02 Å².